The van der Waals surface area contributed by atoms with Gasteiger partial charge in [-0.3, -0.25) is 0 Å². The van der Waals surface area contributed by atoms with Crippen molar-refractivity contribution >= 4 is 39.0 Å². The topological polar surface area (TPSA) is 12.0 Å². The van der Waals surface area contributed by atoms with Gasteiger partial charge in [0.1, 0.15) is 0 Å². The fourth-order valence-electron chi connectivity index (χ4n) is 2.00. The quantitative estimate of drug-likeness (QED) is 0.887. The molecule has 1 aromatic heterocycles. The third-order valence-electron chi connectivity index (χ3n) is 3.09. The zero-order chi connectivity index (χ0) is 11.4. The molecule has 4 heteroatoms. The Kier molecular flexibility index (Phi) is 5.20. The first-order valence-electron chi connectivity index (χ1n) is 5.81. The lowest BCUT2D eigenvalue weighted by molar-refractivity contribution is 0.422. The van der Waals surface area contributed by atoms with Crippen LogP contribution < -0.4 is 5.32 Å². The van der Waals surface area contributed by atoms with E-state index in [-0.39, 0.29) is 0 Å². The van der Waals surface area contributed by atoms with Crippen molar-refractivity contribution in [3.63, 3.8) is 0 Å². The predicted octanol–water partition coefficient (Wildman–Crippen LogP) is 4.30. The molecule has 90 valence electrons. The summed E-state index contributed by atoms with van der Waals surface area (Å²) in [5.74, 6) is 3.59. The molecule has 1 unspecified atom stereocenters. The molecule has 0 radical (unpaired) electrons. The second-order valence-corrected chi connectivity index (χ2v) is 7.35. The van der Waals surface area contributed by atoms with Crippen LogP contribution in [0, 0.1) is 5.92 Å². The van der Waals surface area contributed by atoms with E-state index in [9.17, 15) is 0 Å². The summed E-state index contributed by atoms with van der Waals surface area (Å²) in [5.41, 5.74) is 0. The van der Waals surface area contributed by atoms with Crippen molar-refractivity contribution in [2.75, 3.05) is 18.1 Å². The summed E-state index contributed by atoms with van der Waals surface area (Å²) in [6, 6.07) is 2.61. The number of thioether (sulfide) groups is 1. The standard InChI is InChI=1S/C12H18BrNS2/c1-9(12-11(13)4-7-16-12)14-8-10-2-5-15-6-3-10/h4,7,9-10,14H,2-3,5-6,8H2,1H3. The van der Waals surface area contributed by atoms with E-state index in [0.717, 1.165) is 5.92 Å². The fraction of sp³-hybridized carbons (Fsp3) is 0.667. The predicted molar refractivity (Wildman–Crippen MR) is 78.5 cm³/mol. The summed E-state index contributed by atoms with van der Waals surface area (Å²) >= 11 is 7.53. The van der Waals surface area contributed by atoms with Crippen LogP contribution in [0.1, 0.15) is 30.7 Å². The van der Waals surface area contributed by atoms with Crippen molar-refractivity contribution in [3.8, 4) is 0 Å². The SMILES string of the molecule is CC(NCC1CCSCC1)c1sccc1Br. The van der Waals surface area contributed by atoms with Crippen molar-refractivity contribution < 1.29 is 0 Å². The number of hydrogen-bond donors (Lipinski definition) is 1. The number of rotatable bonds is 4. The van der Waals surface area contributed by atoms with Crippen LogP contribution in [0.15, 0.2) is 15.9 Å². The highest BCUT2D eigenvalue weighted by Gasteiger charge is 2.16. The minimum atomic E-state index is 0.476. The van der Waals surface area contributed by atoms with E-state index < -0.39 is 0 Å². The van der Waals surface area contributed by atoms with Crippen LogP contribution in [-0.4, -0.2) is 18.1 Å². The molecule has 1 saturated heterocycles. The van der Waals surface area contributed by atoms with Gasteiger partial charge in [0, 0.05) is 15.4 Å². The Morgan fingerprint density at radius 2 is 2.25 bits per heavy atom. The molecular formula is C12H18BrNS2. The highest BCUT2D eigenvalue weighted by atomic mass is 79.9. The number of nitrogens with one attached hydrogen (secondary N) is 1. The van der Waals surface area contributed by atoms with Crippen molar-refractivity contribution in [2.24, 2.45) is 5.92 Å². The van der Waals surface area contributed by atoms with E-state index in [1.165, 1.54) is 40.2 Å². The van der Waals surface area contributed by atoms with E-state index >= 15 is 0 Å². The van der Waals surface area contributed by atoms with Gasteiger partial charge in [0.2, 0.25) is 0 Å². The number of thiophene rings is 1. The Morgan fingerprint density at radius 3 is 2.88 bits per heavy atom. The van der Waals surface area contributed by atoms with Gasteiger partial charge in [-0.25, -0.2) is 0 Å². The first-order chi connectivity index (χ1) is 7.77. The summed E-state index contributed by atoms with van der Waals surface area (Å²) in [6.07, 6.45) is 2.77. The molecule has 1 aliphatic rings. The van der Waals surface area contributed by atoms with E-state index in [2.05, 4.69) is 51.4 Å². The molecule has 2 heterocycles. The van der Waals surface area contributed by atoms with Crippen LogP contribution in [-0.2, 0) is 0 Å². The summed E-state index contributed by atoms with van der Waals surface area (Å²) in [4.78, 5) is 1.42. The van der Waals surface area contributed by atoms with Gasteiger partial charge in [-0.2, -0.15) is 11.8 Å². The van der Waals surface area contributed by atoms with Gasteiger partial charge < -0.3 is 5.32 Å². The molecule has 0 spiro atoms. The molecule has 1 fully saturated rings. The minimum Gasteiger partial charge on any atom is -0.309 e. The Balaban J connectivity index is 1.79. The maximum absolute atomic E-state index is 3.67. The summed E-state index contributed by atoms with van der Waals surface area (Å²) in [5, 5.41) is 5.81. The van der Waals surface area contributed by atoms with Crippen LogP contribution >= 0.6 is 39.0 Å². The molecule has 1 nitrogen and oxygen atoms in total. The Morgan fingerprint density at radius 1 is 1.50 bits per heavy atom. The summed E-state index contributed by atoms with van der Waals surface area (Å²) in [7, 11) is 0. The molecule has 0 bridgehead atoms. The van der Waals surface area contributed by atoms with Crippen LogP contribution in [0.4, 0.5) is 0 Å². The van der Waals surface area contributed by atoms with Gasteiger partial charge in [0.15, 0.2) is 0 Å². The second-order valence-electron chi connectivity index (χ2n) is 4.32. The van der Waals surface area contributed by atoms with Crippen molar-refractivity contribution in [1.29, 1.82) is 0 Å². The molecule has 1 N–H and O–H groups in total. The molecule has 0 aromatic carbocycles. The Labute approximate surface area is 115 Å². The van der Waals surface area contributed by atoms with Crippen molar-refractivity contribution in [3.05, 3.63) is 20.8 Å². The summed E-state index contributed by atoms with van der Waals surface area (Å²) in [6.45, 7) is 3.43. The maximum atomic E-state index is 3.67. The van der Waals surface area contributed by atoms with Crippen LogP contribution in [0.2, 0.25) is 0 Å². The average molecular weight is 320 g/mol. The van der Waals surface area contributed by atoms with Gasteiger partial charge in [-0.1, -0.05) is 0 Å². The van der Waals surface area contributed by atoms with Crippen LogP contribution in [0.5, 0.6) is 0 Å². The van der Waals surface area contributed by atoms with Gasteiger partial charge in [-0.05, 0) is 71.1 Å². The van der Waals surface area contributed by atoms with Gasteiger partial charge in [0.05, 0.1) is 0 Å². The van der Waals surface area contributed by atoms with Gasteiger partial charge >= 0.3 is 0 Å². The van der Waals surface area contributed by atoms with E-state index in [1.54, 1.807) is 0 Å². The fourth-order valence-corrected chi connectivity index (χ4v) is 4.95. The molecule has 2 rings (SSSR count). The van der Waals surface area contributed by atoms with E-state index in [0.29, 0.717) is 6.04 Å². The molecular weight excluding hydrogens is 302 g/mol. The molecule has 0 aliphatic carbocycles. The Hall–Kier alpha value is 0.490. The lowest BCUT2D eigenvalue weighted by Crippen LogP contribution is -2.27. The van der Waals surface area contributed by atoms with Crippen molar-refractivity contribution in [2.45, 2.75) is 25.8 Å². The summed E-state index contributed by atoms with van der Waals surface area (Å²) < 4.78 is 1.25. The first kappa shape index (κ1) is 12.9. The highest BCUT2D eigenvalue weighted by Crippen LogP contribution is 2.29. The second kappa shape index (κ2) is 6.43. The molecule has 0 amide bonds. The van der Waals surface area contributed by atoms with E-state index in [4.69, 9.17) is 0 Å². The minimum absolute atomic E-state index is 0.476. The lowest BCUT2D eigenvalue weighted by Gasteiger charge is -2.23. The van der Waals surface area contributed by atoms with Gasteiger partial charge in [0.25, 0.3) is 0 Å². The normalized spacial score (nSPS) is 19.9. The maximum Gasteiger partial charge on any atom is 0.0397 e. The number of hydrogen-bond acceptors (Lipinski definition) is 3. The van der Waals surface area contributed by atoms with Crippen molar-refractivity contribution in [1.82, 2.24) is 5.32 Å². The molecule has 0 saturated carbocycles. The first-order valence-corrected chi connectivity index (χ1v) is 8.64. The molecule has 1 aromatic rings. The third-order valence-corrected chi connectivity index (χ3v) is 6.19. The monoisotopic (exact) mass is 319 g/mol. The molecule has 1 aliphatic heterocycles. The smallest absolute Gasteiger partial charge is 0.0397 e. The third kappa shape index (κ3) is 3.49. The zero-order valence-electron chi connectivity index (χ0n) is 9.54. The number of halogens is 1. The van der Waals surface area contributed by atoms with E-state index in [1.807, 2.05) is 11.3 Å². The largest absolute Gasteiger partial charge is 0.309 e. The van der Waals surface area contributed by atoms with Gasteiger partial charge in [-0.15, -0.1) is 11.3 Å². The highest BCUT2D eigenvalue weighted by molar-refractivity contribution is 9.10. The molecule has 1 atom stereocenters. The molecule has 16 heavy (non-hydrogen) atoms. The average Bonchev–Trinajstić information content (AvgIpc) is 2.74. The van der Waals surface area contributed by atoms with Crippen LogP contribution in [0.25, 0.3) is 0 Å². The van der Waals surface area contributed by atoms with Crippen LogP contribution in [0.3, 0.4) is 0 Å². The zero-order valence-corrected chi connectivity index (χ0v) is 12.8. The lowest BCUT2D eigenvalue weighted by atomic mass is 10.0. The Bertz CT molecular complexity index is 321.